The van der Waals surface area contributed by atoms with Crippen LogP contribution in [0, 0.1) is 0 Å². The maximum atomic E-state index is 12.9. The molecule has 0 spiro atoms. The summed E-state index contributed by atoms with van der Waals surface area (Å²) in [5, 5.41) is 0. The molecule has 1 unspecified atom stereocenters. The summed E-state index contributed by atoms with van der Waals surface area (Å²) in [6.07, 6.45) is 88.2. The lowest BCUT2D eigenvalue weighted by Crippen LogP contribution is -2.30. The van der Waals surface area contributed by atoms with Gasteiger partial charge in [0.1, 0.15) is 13.2 Å². The van der Waals surface area contributed by atoms with Gasteiger partial charge < -0.3 is 14.2 Å². The van der Waals surface area contributed by atoms with E-state index in [4.69, 9.17) is 14.2 Å². The van der Waals surface area contributed by atoms with E-state index in [0.29, 0.717) is 19.3 Å². The number of hydrogen-bond donors (Lipinski definition) is 0. The fraction of sp³-hybridized carbons (Fsp3) is 0.824. The molecule has 0 bridgehead atoms. The van der Waals surface area contributed by atoms with E-state index in [1.807, 2.05) is 0 Å². The molecule has 0 aromatic carbocycles. The SMILES string of the molecule is CC/C=C\C/C=C\C/C=C\C/C=C\CCCCCCC(=O)OCC(COC(=O)CCCCCCCCCCCCCCCCCCCCCCCCCCCC)OC(=O)CCCCCCCCCCC/C=C\CCCCCCCC. The Morgan fingerprint density at radius 2 is 0.487 bits per heavy atom. The molecule has 0 radical (unpaired) electrons. The maximum absolute atomic E-state index is 12.9. The van der Waals surface area contributed by atoms with Crippen LogP contribution in [0.15, 0.2) is 60.8 Å². The zero-order chi connectivity index (χ0) is 57.8. The van der Waals surface area contributed by atoms with Gasteiger partial charge in [0.2, 0.25) is 0 Å². The van der Waals surface area contributed by atoms with E-state index < -0.39 is 6.10 Å². The molecule has 0 N–H and O–H groups in total. The number of esters is 3. The van der Waals surface area contributed by atoms with Gasteiger partial charge in [-0.25, -0.2) is 0 Å². The van der Waals surface area contributed by atoms with Crippen LogP contribution in [0.3, 0.4) is 0 Å². The Kier molecular flexibility index (Phi) is 66.1. The third-order valence-corrected chi connectivity index (χ3v) is 15.8. The number of ether oxygens (including phenoxy) is 3. The second-order valence-corrected chi connectivity index (χ2v) is 23.8. The Balaban J connectivity index is 4.30. The number of allylic oxidation sites excluding steroid dienone is 10. The van der Waals surface area contributed by atoms with E-state index in [0.717, 1.165) is 96.3 Å². The average Bonchev–Trinajstić information content (AvgIpc) is 3.46. The molecule has 6 nitrogen and oxygen atoms in total. The molecule has 0 aliphatic carbocycles. The minimum absolute atomic E-state index is 0.0793. The average molecular weight is 1120 g/mol. The van der Waals surface area contributed by atoms with Gasteiger partial charge in [-0.2, -0.15) is 0 Å². The molecular weight excluding hydrogens is 985 g/mol. The molecular formula is C74H134O6. The van der Waals surface area contributed by atoms with E-state index in [9.17, 15) is 14.4 Å². The highest BCUT2D eigenvalue weighted by Gasteiger charge is 2.19. The zero-order valence-electron chi connectivity index (χ0n) is 53.6. The van der Waals surface area contributed by atoms with Gasteiger partial charge in [0.25, 0.3) is 0 Å². The summed E-state index contributed by atoms with van der Waals surface area (Å²) >= 11 is 0. The molecule has 0 amide bonds. The third-order valence-electron chi connectivity index (χ3n) is 15.8. The van der Waals surface area contributed by atoms with Crippen LogP contribution in [0.2, 0.25) is 0 Å². The Hall–Kier alpha value is -2.89. The van der Waals surface area contributed by atoms with Crippen LogP contribution in [0.25, 0.3) is 0 Å². The lowest BCUT2D eigenvalue weighted by atomic mass is 10.0. The van der Waals surface area contributed by atoms with Crippen LogP contribution in [0.5, 0.6) is 0 Å². The molecule has 0 saturated heterocycles. The summed E-state index contributed by atoms with van der Waals surface area (Å²) < 4.78 is 17.0. The minimum Gasteiger partial charge on any atom is -0.462 e. The molecule has 0 heterocycles. The van der Waals surface area contributed by atoms with Gasteiger partial charge in [0.15, 0.2) is 6.10 Å². The van der Waals surface area contributed by atoms with Crippen LogP contribution in [0.4, 0.5) is 0 Å². The topological polar surface area (TPSA) is 78.9 Å². The predicted molar refractivity (Wildman–Crippen MR) is 348 cm³/mol. The Morgan fingerprint density at radius 3 is 0.775 bits per heavy atom. The highest BCUT2D eigenvalue weighted by atomic mass is 16.6. The summed E-state index contributed by atoms with van der Waals surface area (Å²) in [6.45, 7) is 6.57. The van der Waals surface area contributed by atoms with Gasteiger partial charge in [0.05, 0.1) is 0 Å². The van der Waals surface area contributed by atoms with Gasteiger partial charge >= 0.3 is 17.9 Å². The summed E-state index contributed by atoms with van der Waals surface area (Å²) in [4.78, 5) is 38.4. The first-order chi connectivity index (χ1) is 39.5. The summed E-state index contributed by atoms with van der Waals surface area (Å²) in [5.74, 6) is -0.882. The van der Waals surface area contributed by atoms with Crippen LogP contribution in [-0.2, 0) is 28.6 Å². The fourth-order valence-corrected chi connectivity index (χ4v) is 10.5. The maximum Gasteiger partial charge on any atom is 0.306 e. The summed E-state index contributed by atoms with van der Waals surface area (Å²) in [7, 11) is 0. The van der Waals surface area contributed by atoms with Gasteiger partial charge in [-0.3, -0.25) is 14.4 Å². The highest BCUT2D eigenvalue weighted by Crippen LogP contribution is 2.18. The number of unbranched alkanes of at least 4 members (excludes halogenated alkanes) is 44. The van der Waals surface area contributed by atoms with Crippen molar-refractivity contribution in [2.45, 2.75) is 380 Å². The van der Waals surface area contributed by atoms with Crippen molar-refractivity contribution >= 4 is 17.9 Å². The standard InChI is InChI=1S/C74H134O6/c1-4-7-10-13-16-19-22-25-28-31-33-34-35-36-37-38-39-41-43-46-49-52-55-58-61-64-67-73(76)79-70-71(69-78-72(75)66-63-60-57-54-51-48-45-42-30-27-24-21-18-15-12-9-6-3)80-74(77)68-65-62-59-56-53-50-47-44-40-32-29-26-23-20-17-14-11-8-5-2/h9,12,18,21,26-27,29-30,45,48,71H,4-8,10-11,13-17,19-20,22-25,28,31-44,46-47,49-70H2,1-3H3/b12-9-,21-18-,29-26-,30-27-,48-45-. The molecule has 0 aliphatic heterocycles. The van der Waals surface area contributed by atoms with Crippen molar-refractivity contribution in [1.29, 1.82) is 0 Å². The van der Waals surface area contributed by atoms with Crippen molar-refractivity contribution in [2.75, 3.05) is 13.2 Å². The number of carbonyl (C=O) groups is 3. The van der Waals surface area contributed by atoms with E-state index in [1.54, 1.807) is 0 Å². The molecule has 1 atom stereocenters. The molecule has 0 aromatic rings. The van der Waals surface area contributed by atoms with Crippen LogP contribution < -0.4 is 0 Å². The quantitative estimate of drug-likeness (QED) is 0.0261. The zero-order valence-corrected chi connectivity index (χ0v) is 53.6. The summed E-state index contributed by atoms with van der Waals surface area (Å²) in [5.41, 5.74) is 0. The van der Waals surface area contributed by atoms with Gasteiger partial charge in [-0.05, 0) is 83.5 Å². The van der Waals surface area contributed by atoms with Crippen molar-refractivity contribution in [3.63, 3.8) is 0 Å². The van der Waals surface area contributed by atoms with Crippen LogP contribution in [0.1, 0.15) is 374 Å². The van der Waals surface area contributed by atoms with Gasteiger partial charge in [0, 0.05) is 19.3 Å². The highest BCUT2D eigenvalue weighted by molar-refractivity contribution is 5.71. The van der Waals surface area contributed by atoms with E-state index in [2.05, 4.69) is 81.5 Å². The normalized spacial score (nSPS) is 12.4. The summed E-state index contributed by atoms with van der Waals surface area (Å²) in [6, 6.07) is 0. The van der Waals surface area contributed by atoms with E-state index in [-0.39, 0.29) is 31.1 Å². The monoisotopic (exact) mass is 1120 g/mol. The molecule has 6 heteroatoms. The smallest absolute Gasteiger partial charge is 0.306 e. The first-order valence-electron chi connectivity index (χ1n) is 35.3. The van der Waals surface area contributed by atoms with Crippen molar-refractivity contribution in [2.24, 2.45) is 0 Å². The molecule has 80 heavy (non-hydrogen) atoms. The molecule has 0 aromatic heterocycles. The van der Waals surface area contributed by atoms with Crippen molar-refractivity contribution < 1.29 is 28.6 Å². The fourth-order valence-electron chi connectivity index (χ4n) is 10.5. The molecule has 0 rings (SSSR count). The molecule has 0 fully saturated rings. The first kappa shape index (κ1) is 77.1. The van der Waals surface area contributed by atoms with Crippen LogP contribution in [-0.4, -0.2) is 37.2 Å². The van der Waals surface area contributed by atoms with Gasteiger partial charge in [-0.1, -0.05) is 332 Å². The van der Waals surface area contributed by atoms with Crippen LogP contribution >= 0.6 is 0 Å². The minimum atomic E-state index is -0.786. The Bertz CT molecular complexity index is 1430. The van der Waals surface area contributed by atoms with E-state index >= 15 is 0 Å². The van der Waals surface area contributed by atoms with Gasteiger partial charge in [-0.15, -0.1) is 0 Å². The Labute approximate surface area is 498 Å². The molecule has 0 aliphatic rings. The lowest BCUT2D eigenvalue weighted by Gasteiger charge is -2.18. The largest absolute Gasteiger partial charge is 0.462 e. The van der Waals surface area contributed by atoms with E-state index in [1.165, 1.54) is 238 Å². The Morgan fingerprint density at radius 1 is 0.263 bits per heavy atom. The first-order valence-corrected chi connectivity index (χ1v) is 35.3. The van der Waals surface area contributed by atoms with Crippen molar-refractivity contribution in [3.8, 4) is 0 Å². The number of hydrogen-bond acceptors (Lipinski definition) is 6. The van der Waals surface area contributed by atoms with Crippen molar-refractivity contribution in [1.82, 2.24) is 0 Å². The number of rotatable bonds is 65. The second kappa shape index (κ2) is 68.6. The molecule has 466 valence electrons. The molecule has 0 saturated carbocycles. The third kappa shape index (κ3) is 65.9. The predicted octanol–water partition coefficient (Wildman–Crippen LogP) is 24.3. The lowest BCUT2D eigenvalue weighted by molar-refractivity contribution is -0.167. The van der Waals surface area contributed by atoms with Crippen molar-refractivity contribution in [3.05, 3.63) is 60.8 Å². The second-order valence-electron chi connectivity index (χ2n) is 23.8. The number of carbonyl (C=O) groups excluding carboxylic acids is 3.